The molecule has 0 unspecified atom stereocenters. The largest absolute Gasteiger partial charge is 0.339 e. The number of aryl methyl sites for hydroxylation is 1. The summed E-state index contributed by atoms with van der Waals surface area (Å²) in [4.78, 5) is 36.2. The van der Waals surface area contributed by atoms with Crippen LogP contribution in [-0.2, 0) is 11.2 Å². The van der Waals surface area contributed by atoms with Crippen molar-refractivity contribution in [3.63, 3.8) is 0 Å². The molecule has 1 aromatic carbocycles. The number of carbonyl (C=O) groups is 2. The Bertz CT molecular complexity index is 800. The zero-order chi connectivity index (χ0) is 18.5. The van der Waals surface area contributed by atoms with Crippen LogP contribution in [0.1, 0.15) is 29.9 Å². The lowest BCUT2D eigenvalue weighted by molar-refractivity contribution is -0.130. The van der Waals surface area contributed by atoms with E-state index in [1.165, 1.54) is 0 Å². The zero-order valence-corrected chi connectivity index (χ0v) is 15.1. The first-order chi connectivity index (χ1) is 12.6. The second kappa shape index (κ2) is 7.95. The Morgan fingerprint density at radius 1 is 1.08 bits per heavy atom. The lowest BCUT2D eigenvalue weighted by atomic mass is 10.1. The van der Waals surface area contributed by atoms with Crippen LogP contribution in [0.4, 0.5) is 11.6 Å². The van der Waals surface area contributed by atoms with Crippen molar-refractivity contribution in [3.8, 4) is 0 Å². The normalized spacial score (nSPS) is 14.2. The van der Waals surface area contributed by atoms with Crippen LogP contribution >= 0.6 is 0 Å². The second-order valence-corrected chi connectivity index (χ2v) is 6.20. The molecular formula is C19H23N5O2. The van der Waals surface area contributed by atoms with Crippen LogP contribution in [-0.4, -0.2) is 57.8 Å². The molecule has 3 rings (SSSR count). The molecule has 0 atom stereocenters. The predicted octanol–water partition coefficient (Wildman–Crippen LogP) is 2.09. The first kappa shape index (κ1) is 17.8. The fourth-order valence-electron chi connectivity index (χ4n) is 3.00. The first-order valence-corrected chi connectivity index (χ1v) is 8.81. The molecule has 2 aromatic rings. The topological polar surface area (TPSA) is 78.4 Å². The molecule has 136 valence electrons. The minimum Gasteiger partial charge on any atom is -0.339 e. The molecule has 2 heterocycles. The van der Waals surface area contributed by atoms with E-state index in [9.17, 15) is 9.59 Å². The molecule has 7 nitrogen and oxygen atoms in total. The van der Waals surface area contributed by atoms with Crippen molar-refractivity contribution < 1.29 is 9.59 Å². The molecule has 1 N–H and O–H groups in total. The maximum Gasteiger partial charge on any atom is 0.272 e. The minimum absolute atomic E-state index is 0.0419. The summed E-state index contributed by atoms with van der Waals surface area (Å²) in [5.41, 5.74) is 2.45. The first-order valence-electron chi connectivity index (χ1n) is 8.81. The molecule has 1 aliphatic heterocycles. The number of para-hydroxylation sites is 1. The highest BCUT2D eigenvalue weighted by molar-refractivity contribution is 5.92. The third-order valence-corrected chi connectivity index (χ3v) is 4.53. The highest BCUT2D eigenvalue weighted by Crippen LogP contribution is 2.19. The number of amides is 2. The third kappa shape index (κ3) is 3.99. The molecule has 1 saturated heterocycles. The lowest BCUT2D eigenvalue weighted by Crippen LogP contribution is -2.50. The van der Waals surface area contributed by atoms with Crippen LogP contribution in [0.3, 0.4) is 0 Å². The summed E-state index contributed by atoms with van der Waals surface area (Å²) in [6.45, 7) is 5.78. The Morgan fingerprint density at radius 3 is 2.46 bits per heavy atom. The van der Waals surface area contributed by atoms with Gasteiger partial charge in [0, 0.05) is 45.0 Å². The van der Waals surface area contributed by atoms with Crippen LogP contribution in [0.25, 0.3) is 0 Å². The summed E-state index contributed by atoms with van der Waals surface area (Å²) in [5.74, 6) is 0.307. The third-order valence-electron chi connectivity index (χ3n) is 4.53. The molecule has 0 spiro atoms. The Labute approximate surface area is 153 Å². The number of hydrogen-bond acceptors (Lipinski definition) is 5. The maximum absolute atomic E-state index is 12.7. The Hall–Kier alpha value is -2.96. The van der Waals surface area contributed by atoms with Gasteiger partial charge in [-0.05, 0) is 24.1 Å². The average Bonchev–Trinajstić information content (AvgIpc) is 2.68. The van der Waals surface area contributed by atoms with Crippen molar-refractivity contribution in [2.45, 2.75) is 20.3 Å². The van der Waals surface area contributed by atoms with Crippen LogP contribution in [0.5, 0.6) is 0 Å². The van der Waals surface area contributed by atoms with E-state index < -0.39 is 0 Å². The van der Waals surface area contributed by atoms with Crippen molar-refractivity contribution in [1.29, 1.82) is 0 Å². The highest BCUT2D eigenvalue weighted by Gasteiger charge is 2.24. The van der Waals surface area contributed by atoms with Crippen molar-refractivity contribution in [2.75, 3.05) is 31.5 Å². The van der Waals surface area contributed by atoms with Gasteiger partial charge >= 0.3 is 0 Å². The standard InChI is InChI=1S/C19H23N5O2/c1-3-15-6-4-5-7-16(15)21-19-20-9-8-17(22-19)18(26)24-12-10-23(11-13-24)14(2)25/h4-9H,3,10-13H2,1-2H3,(H,20,21,22). The van der Waals surface area contributed by atoms with Crippen molar-refractivity contribution in [1.82, 2.24) is 19.8 Å². The quantitative estimate of drug-likeness (QED) is 0.910. The number of carbonyl (C=O) groups excluding carboxylic acids is 2. The van der Waals surface area contributed by atoms with E-state index in [-0.39, 0.29) is 11.8 Å². The van der Waals surface area contributed by atoms with E-state index in [4.69, 9.17) is 0 Å². The molecule has 0 radical (unpaired) electrons. The number of anilines is 2. The zero-order valence-electron chi connectivity index (χ0n) is 15.1. The minimum atomic E-state index is -0.137. The average molecular weight is 353 g/mol. The van der Waals surface area contributed by atoms with Gasteiger partial charge in [-0.1, -0.05) is 25.1 Å². The fourth-order valence-corrected chi connectivity index (χ4v) is 3.00. The number of nitrogens with zero attached hydrogens (tertiary/aromatic N) is 4. The molecule has 7 heteroatoms. The van der Waals surface area contributed by atoms with Gasteiger partial charge in [-0.3, -0.25) is 9.59 Å². The van der Waals surface area contributed by atoms with E-state index in [0.29, 0.717) is 37.8 Å². The Balaban J connectivity index is 1.71. The van der Waals surface area contributed by atoms with E-state index in [1.807, 2.05) is 24.3 Å². The summed E-state index contributed by atoms with van der Waals surface area (Å²) >= 11 is 0. The second-order valence-electron chi connectivity index (χ2n) is 6.20. The molecular weight excluding hydrogens is 330 g/mol. The molecule has 0 aliphatic carbocycles. The number of aromatic nitrogens is 2. The van der Waals surface area contributed by atoms with E-state index >= 15 is 0 Å². The smallest absolute Gasteiger partial charge is 0.272 e. The van der Waals surface area contributed by atoms with Gasteiger partial charge in [-0.15, -0.1) is 0 Å². The van der Waals surface area contributed by atoms with Crippen molar-refractivity contribution in [3.05, 3.63) is 47.8 Å². The Kier molecular flexibility index (Phi) is 5.46. The predicted molar refractivity (Wildman–Crippen MR) is 99.3 cm³/mol. The van der Waals surface area contributed by atoms with Crippen molar-refractivity contribution >= 4 is 23.5 Å². The Morgan fingerprint density at radius 2 is 1.77 bits per heavy atom. The maximum atomic E-state index is 12.7. The molecule has 0 bridgehead atoms. The van der Waals surface area contributed by atoms with Gasteiger partial charge in [0.15, 0.2) is 0 Å². The summed E-state index contributed by atoms with van der Waals surface area (Å²) in [6.07, 6.45) is 2.48. The van der Waals surface area contributed by atoms with E-state index in [1.54, 1.807) is 29.0 Å². The van der Waals surface area contributed by atoms with Gasteiger partial charge < -0.3 is 15.1 Å². The van der Waals surface area contributed by atoms with Crippen LogP contribution in [0.15, 0.2) is 36.5 Å². The van der Waals surface area contributed by atoms with Gasteiger partial charge in [-0.2, -0.15) is 0 Å². The van der Waals surface area contributed by atoms with Crippen LogP contribution in [0, 0.1) is 0 Å². The highest BCUT2D eigenvalue weighted by atomic mass is 16.2. The summed E-state index contributed by atoms with van der Waals surface area (Å²) < 4.78 is 0. The molecule has 1 aromatic heterocycles. The number of nitrogens with one attached hydrogen (secondary N) is 1. The van der Waals surface area contributed by atoms with E-state index in [0.717, 1.165) is 17.7 Å². The number of hydrogen-bond donors (Lipinski definition) is 1. The molecule has 2 amide bonds. The SMILES string of the molecule is CCc1ccccc1Nc1nccc(C(=O)N2CCN(C(C)=O)CC2)n1. The van der Waals surface area contributed by atoms with Gasteiger partial charge in [0.1, 0.15) is 5.69 Å². The summed E-state index contributed by atoms with van der Waals surface area (Å²) in [5, 5.41) is 3.20. The molecule has 1 aliphatic rings. The number of benzene rings is 1. The number of piperazine rings is 1. The van der Waals surface area contributed by atoms with Crippen LogP contribution < -0.4 is 5.32 Å². The summed E-state index contributed by atoms with van der Waals surface area (Å²) in [7, 11) is 0. The summed E-state index contributed by atoms with van der Waals surface area (Å²) in [6, 6.07) is 9.58. The lowest BCUT2D eigenvalue weighted by Gasteiger charge is -2.34. The van der Waals surface area contributed by atoms with Crippen molar-refractivity contribution in [2.24, 2.45) is 0 Å². The van der Waals surface area contributed by atoms with E-state index in [2.05, 4.69) is 22.2 Å². The molecule has 1 fully saturated rings. The monoisotopic (exact) mass is 353 g/mol. The number of rotatable bonds is 4. The van der Waals surface area contributed by atoms with Gasteiger partial charge in [0.25, 0.3) is 5.91 Å². The van der Waals surface area contributed by atoms with Crippen LogP contribution in [0.2, 0.25) is 0 Å². The molecule has 26 heavy (non-hydrogen) atoms. The van der Waals surface area contributed by atoms with Gasteiger partial charge in [-0.25, -0.2) is 9.97 Å². The van der Waals surface area contributed by atoms with Gasteiger partial charge in [0.05, 0.1) is 0 Å². The molecule has 0 saturated carbocycles. The fraction of sp³-hybridized carbons (Fsp3) is 0.368. The van der Waals surface area contributed by atoms with Gasteiger partial charge in [0.2, 0.25) is 11.9 Å².